The lowest BCUT2D eigenvalue weighted by molar-refractivity contribution is 0.0296. The number of amides is 1. The number of rotatable bonds is 7. The summed E-state index contributed by atoms with van der Waals surface area (Å²) in [7, 11) is 1.79. The van der Waals surface area contributed by atoms with Crippen LogP contribution in [-0.2, 0) is 11.3 Å². The number of hydrogen-bond acceptors (Lipinski definition) is 4. The van der Waals surface area contributed by atoms with Crippen LogP contribution < -0.4 is 4.80 Å². The van der Waals surface area contributed by atoms with Gasteiger partial charge in [-0.05, 0) is 63.4 Å². The molecule has 0 atom stereocenters. The highest BCUT2D eigenvalue weighted by Gasteiger charge is 2.19. The van der Waals surface area contributed by atoms with E-state index in [-0.39, 0.29) is 6.09 Å². The van der Waals surface area contributed by atoms with Gasteiger partial charge in [0, 0.05) is 30.0 Å². The third-order valence-corrected chi connectivity index (χ3v) is 6.14. The van der Waals surface area contributed by atoms with Crippen LogP contribution in [0.4, 0.5) is 10.5 Å². The van der Waals surface area contributed by atoms with Crippen molar-refractivity contribution in [2.45, 2.75) is 45.8 Å². The summed E-state index contributed by atoms with van der Waals surface area (Å²) in [4.78, 5) is 19.7. The molecule has 32 heavy (non-hydrogen) atoms. The number of carbonyl (C=O) groups excluding carboxylic acids is 1. The number of para-hydroxylation sites is 1. The van der Waals surface area contributed by atoms with E-state index >= 15 is 0 Å². The summed E-state index contributed by atoms with van der Waals surface area (Å²) < 4.78 is 8.77. The fourth-order valence-corrected chi connectivity index (χ4v) is 4.37. The Labute approximate surface area is 202 Å². The highest BCUT2D eigenvalue weighted by molar-refractivity contribution is 9.10. The fourth-order valence-electron chi connectivity index (χ4n) is 3.15. The lowest BCUT2D eigenvalue weighted by atomic mass is 10.1. The molecule has 0 unspecified atom stereocenters. The van der Waals surface area contributed by atoms with Gasteiger partial charge in [-0.2, -0.15) is 0 Å². The molecule has 170 valence electrons. The van der Waals surface area contributed by atoms with Gasteiger partial charge in [-0.3, -0.25) is 0 Å². The van der Waals surface area contributed by atoms with E-state index in [2.05, 4.69) is 50.1 Å². The van der Waals surface area contributed by atoms with Gasteiger partial charge >= 0.3 is 6.09 Å². The zero-order valence-corrected chi connectivity index (χ0v) is 21.4. The first-order valence-corrected chi connectivity index (χ1v) is 12.4. The predicted molar refractivity (Wildman–Crippen MR) is 135 cm³/mol. The average Bonchev–Trinajstić information content (AvgIpc) is 3.13. The Hall–Kier alpha value is -2.38. The SMILES string of the molecule is CN(CCCCn1c(-c2ccc(Br)cc2)csc1=Nc1ccccc1)C(=O)OC(C)(C)C. The molecule has 0 aliphatic heterocycles. The van der Waals surface area contributed by atoms with Gasteiger partial charge in [0.15, 0.2) is 4.80 Å². The lowest BCUT2D eigenvalue weighted by Gasteiger charge is -2.24. The maximum Gasteiger partial charge on any atom is 0.410 e. The minimum Gasteiger partial charge on any atom is -0.444 e. The minimum atomic E-state index is -0.481. The monoisotopic (exact) mass is 515 g/mol. The number of carbonyl (C=O) groups is 1. The Kier molecular flexibility index (Phi) is 8.32. The van der Waals surface area contributed by atoms with Crippen molar-refractivity contribution >= 4 is 39.0 Å². The smallest absolute Gasteiger partial charge is 0.410 e. The van der Waals surface area contributed by atoms with Crippen LogP contribution in [0.15, 0.2) is 69.4 Å². The number of unbranched alkanes of at least 4 members (excludes halogenated alkanes) is 1. The standard InChI is InChI=1S/C25H30BrN3O2S/c1-25(2,3)31-24(30)28(4)16-8-9-17-29-22(19-12-14-20(26)15-13-19)18-32-23(29)27-21-10-6-5-7-11-21/h5-7,10-15,18H,8-9,16-17H2,1-4H3. The number of halogens is 1. The molecular weight excluding hydrogens is 486 g/mol. The molecule has 0 aliphatic carbocycles. The summed E-state index contributed by atoms with van der Waals surface area (Å²) in [6.45, 7) is 7.12. The summed E-state index contributed by atoms with van der Waals surface area (Å²) in [5, 5.41) is 2.16. The molecule has 3 aromatic rings. The van der Waals surface area contributed by atoms with Gasteiger partial charge < -0.3 is 14.2 Å². The second kappa shape index (κ2) is 11.0. The first kappa shape index (κ1) is 24.3. The maximum atomic E-state index is 12.2. The molecule has 1 aromatic heterocycles. The van der Waals surface area contributed by atoms with Crippen molar-refractivity contribution in [3.63, 3.8) is 0 Å². The van der Waals surface area contributed by atoms with E-state index in [0.29, 0.717) is 6.54 Å². The van der Waals surface area contributed by atoms with E-state index < -0.39 is 5.60 Å². The molecule has 1 amide bonds. The van der Waals surface area contributed by atoms with E-state index in [0.717, 1.165) is 45.6 Å². The van der Waals surface area contributed by atoms with Crippen molar-refractivity contribution in [1.82, 2.24) is 9.47 Å². The van der Waals surface area contributed by atoms with Crippen molar-refractivity contribution in [2.24, 2.45) is 4.99 Å². The van der Waals surface area contributed by atoms with E-state index in [9.17, 15) is 4.79 Å². The predicted octanol–water partition coefficient (Wildman–Crippen LogP) is 6.86. The zero-order valence-electron chi connectivity index (χ0n) is 19.0. The summed E-state index contributed by atoms with van der Waals surface area (Å²) in [5.41, 5.74) is 2.77. The Bertz CT molecular complexity index is 1080. The first-order valence-electron chi connectivity index (χ1n) is 10.7. The molecule has 0 spiro atoms. The minimum absolute atomic E-state index is 0.281. The van der Waals surface area contributed by atoms with E-state index in [1.165, 1.54) is 0 Å². The number of aromatic nitrogens is 1. The summed E-state index contributed by atoms with van der Waals surface area (Å²) in [6, 6.07) is 18.4. The number of thiazole rings is 1. The molecular formula is C25H30BrN3O2S. The van der Waals surface area contributed by atoms with Crippen LogP contribution >= 0.6 is 27.3 Å². The summed E-state index contributed by atoms with van der Waals surface area (Å²) in [5.74, 6) is 0. The van der Waals surface area contributed by atoms with Gasteiger partial charge in [0.2, 0.25) is 0 Å². The van der Waals surface area contributed by atoms with Crippen LogP contribution in [0.3, 0.4) is 0 Å². The van der Waals surface area contributed by atoms with Gasteiger partial charge in [0.1, 0.15) is 5.60 Å². The molecule has 2 aromatic carbocycles. The Morgan fingerprint density at radius 2 is 1.78 bits per heavy atom. The molecule has 0 bridgehead atoms. The number of ether oxygens (including phenoxy) is 1. The molecule has 0 aliphatic rings. The van der Waals surface area contributed by atoms with Gasteiger partial charge in [-0.1, -0.05) is 46.3 Å². The third kappa shape index (κ3) is 7.07. The van der Waals surface area contributed by atoms with Gasteiger partial charge in [0.05, 0.1) is 11.4 Å². The van der Waals surface area contributed by atoms with Crippen LogP contribution in [0, 0.1) is 0 Å². The zero-order chi connectivity index (χ0) is 23.1. The second-order valence-corrected chi connectivity index (χ2v) is 10.4. The van der Waals surface area contributed by atoms with Crippen molar-refractivity contribution in [1.29, 1.82) is 0 Å². The van der Waals surface area contributed by atoms with Crippen molar-refractivity contribution in [3.8, 4) is 11.3 Å². The fraction of sp³-hybridized carbons (Fsp3) is 0.360. The van der Waals surface area contributed by atoms with Crippen LogP contribution in [-0.4, -0.2) is 34.8 Å². The first-order chi connectivity index (χ1) is 15.2. The van der Waals surface area contributed by atoms with Gasteiger partial charge in [-0.15, -0.1) is 11.3 Å². The molecule has 7 heteroatoms. The van der Waals surface area contributed by atoms with Crippen LogP contribution in [0.25, 0.3) is 11.3 Å². The Morgan fingerprint density at radius 3 is 2.44 bits per heavy atom. The molecule has 0 saturated carbocycles. The molecule has 3 rings (SSSR count). The summed E-state index contributed by atoms with van der Waals surface area (Å²) >= 11 is 5.16. The highest BCUT2D eigenvalue weighted by atomic mass is 79.9. The normalized spacial score (nSPS) is 12.1. The highest BCUT2D eigenvalue weighted by Crippen LogP contribution is 2.23. The van der Waals surface area contributed by atoms with E-state index in [1.807, 2.05) is 51.1 Å². The number of nitrogens with zero attached hydrogens (tertiary/aromatic N) is 3. The molecule has 1 heterocycles. The van der Waals surface area contributed by atoms with Crippen molar-refractivity contribution < 1.29 is 9.53 Å². The largest absolute Gasteiger partial charge is 0.444 e. The van der Waals surface area contributed by atoms with E-state index in [4.69, 9.17) is 9.73 Å². The topological polar surface area (TPSA) is 46.8 Å². The maximum absolute atomic E-state index is 12.2. The summed E-state index contributed by atoms with van der Waals surface area (Å²) in [6.07, 6.45) is 1.52. The molecule has 0 N–H and O–H groups in total. The molecule has 5 nitrogen and oxygen atoms in total. The number of benzene rings is 2. The number of hydrogen-bond donors (Lipinski definition) is 0. The van der Waals surface area contributed by atoms with Gasteiger partial charge in [0.25, 0.3) is 0 Å². The average molecular weight is 517 g/mol. The molecule has 0 fully saturated rings. The third-order valence-electron chi connectivity index (χ3n) is 4.75. The van der Waals surface area contributed by atoms with Crippen LogP contribution in [0.2, 0.25) is 0 Å². The van der Waals surface area contributed by atoms with Crippen LogP contribution in [0.5, 0.6) is 0 Å². The van der Waals surface area contributed by atoms with E-state index in [1.54, 1.807) is 23.3 Å². The van der Waals surface area contributed by atoms with Crippen molar-refractivity contribution in [2.75, 3.05) is 13.6 Å². The molecule has 0 saturated heterocycles. The molecule has 0 radical (unpaired) electrons. The van der Waals surface area contributed by atoms with Crippen LogP contribution in [0.1, 0.15) is 33.6 Å². The van der Waals surface area contributed by atoms with Crippen molar-refractivity contribution in [3.05, 3.63) is 69.3 Å². The Balaban J connectivity index is 1.75. The lowest BCUT2D eigenvalue weighted by Crippen LogP contribution is -2.34. The Morgan fingerprint density at radius 1 is 1.09 bits per heavy atom. The second-order valence-electron chi connectivity index (χ2n) is 8.62. The van der Waals surface area contributed by atoms with Gasteiger partial charge in [-0.25, -0.2) is 9.79 Å². The quantitative estimate of drug-likeness (QED) is 0.322.